The first-order chi connectivity index (χ1) is 14.1. The van der Waals surface area contributed by atoms with Gasteiger partial charge >= 0.3 is 0 Å². The van der Waals surface area contributed by atoms with Gasteiger partial charge in [0, 0.05) is 23.2 Å². The fourth-order valence-corrected chi connectivity index (χ4v) is 3.87. The summed E-state index contributed by atoms with van der Waals surface area (Å²) < 4.78 is 1.73. The Balaban J connectivity index is 1.58. The summed E-state index contributed by atoms with van der Waals surface area (Å²) in [5.74, 6) is 1.32. The van der Waals surface area contributed by atoms with Crippen molar-refractivity contribution in [3.8, 4) is 11.4 Å². The minimum absolute atomic E-state index is 0.0760. The van der Waals surface area contributed by atoms with Crippen molar-refractivity contribution in [1.82, 2.24) is 19.8 Å². The van der Waals surface area contributed by atoms with Crippen molar-refractivity contribution < 1.29 is 4.79 Å². The molecule has 0 aliphatic carbocycles. The van der Waals surface area contributed by atoms with E-state index in [0.29, 0.717) is 23.8 Å². The number of rotatable bonds is 6. The van der Waals surface area contributed by atoms with Gasteiger partial charge in [-0.3, -0.25) is 4.79 Å². The van der Waals surface area contributed by atoms with Crippen molar-refractivity contribution >= 4 is 34.4 Å². The molecule has 1 aromatic carbocycles. The number of fused-ring (bicyclic) bond motifs is 1. The van der Waals surface area contributed by atoms with Crippen molar-refractivity contribution in [1.29, 1.82) is 0 Å². The van der Waals surface area contributed by atoms with Gasteiger partial charge in [-0.05, 0) is 55.5 Å². The highest BCUT2D eigenvalue weighted by molar-refractivity contribution is 7.08. The Labute approximate surface area is 173 Å². The first-order valence-electron chi connectivity index (χ1n) is 9.43. The van der Waals surface area contributed by atoms with Gasteiger partial charge in [-0.15, -0.1) is 15.3 Å². The maximum atomic E-state index is 12.7. The van der Waals surface area contributed by atoms with Crippen LogP contribution in [0.25, 0.3) is 17.0 Å². The van der Waals surface area contributed by atoms with Crippen molar-refractivity contribution in [2.45, 2.75) is 20.8 Å². The smallest absolute Gasteiger partial charge is 0.243 e. The first kappa shape index (κ1) is 19.1. The van der Waals surface area contributed by atoms with E-state index in [1.807, 2.05) is 72.8 Å². The number of para-hydroxylation sites is 1. The van der Waals surface area contributed by atoms with E-state index in [1.54, 1.807) is 15.9 Å². The molecule has 1 amide bonds. The van der Waals surface area contributed by atoms with Gasteiger partial charge in [-0.25, -0.2) is 0 Å². The monoisotopic (exact) mass is 406 g/mol. The van der Waals surface area contributed by atoms with Gasteiger partial charge in [0.05, 0.1) is 6.54 Å². The SMILES string of the molecule is CCN(CC(=O)Nc1c(C)cccc1C)c1ccc2nnc(-c3ccsc3)n2n1. The van der Waals surface area contributed by atoms with Gasteiger partial charge in [0.2, 0.25) is 5.91 Å². The lowest BCUT2D eigenvalue weighted by atomic mass is 10.1. The van der Waals surface area contributed by atoms with E-state index >= 15 is 0 Å². The van der Waals surface area contributed by atoms with E-state index in [-0.39, 0.29) is 12.5 Å². The Bertz CT molecular complexity index is 1130. The number of amides is 1. The van der Waals surface area contributed by atoms with Crippen LogP contribution in [-0.2, 0) is 4.79 Å². The zero-order chi connectivity index (χ0) is 20.4. The van der Waals surface area contributed by atoms with E-state index in [1.165, 1.54) is 0 Å². The van der Waals surface area contributed by atoms with Gasteiger partial charge in [-0.1, -0.05) is 18.2 Å². The number of hydrogen-bond acceptors (Lipinski definition) is 6. The van der Waals surface area contributed by atoms with Gasteiger partial charge in [0.1, 0.15) is 5.82 Å². The molecule has 0 fully saturated rings. The molecule has 0 unspecified atom stereocenters. The molecule has 3 aromatic heterocycles. The number of benzene rings is 1. The molecule has 0 radical (unpaired) electrons. The third-order valence-electron chi connectivity index (χ3n) is 4.81. The quantitative estimate of drug-likeness (QED) is 0.525. The first-order valence-corrected chi connectivity index (χ1v) is 10.4. The van der Waals surface area contributed by atoms with Crippen LogP contribution < -0.4 is 10.2 Å². The lowest BCUT2D eigenvalue weighted by Crippen LogP contribution is -2.34. The number of hydrogen-bond donors (Lipinski definition) is 1. The van der Waals surface area contributed by atoms with Crippen LogP contribution in [0.4, 0.5) is 11.5 Å². The lowest BCUT2D eigenvalue weighted by molar-refractivity contribution is -0.115. The largest absolute Gasteiger partial charge is 0.346 e. The maximum absolute atomic E-state index is 12.7. The van der Waals surface area contributed by atoms with Gasteiger partial charge in [-0.2, -0.15) is 15.9 Å². The number of likely N-dealkylation sites (N-methyl/N-ethyl adjacent to an activating group) is 1. The van der Waals surface area contributed by atoms with Crippen LogP contribution >= 0.6 is 11.3 Å². The number of nitrogens with one attached hydrogen (secondary N) is 1. The zero-order valence-electron chi connectivity index (χ0n) is 16.6. The molecular formula is C21H22N6OS. The number of thiophene rings is 1. The predicted molar refractivity (Wildman–Crippen MR) is 117 cm³/mol. The average Bonchev–Trinajstić information content (AvgIpc) is 3.38. The third-order valence-corrected chi connectivity index (χ3v) is 5.50. The van der Waals surface area contributed by atoms with Crippen molar-refractivity contribution in [2.24, 2.45) is 0 Å². The summed E-state index contributed by atoms with van der Waals surface area (Å²) in [5.41, 5.74) is 4.61. The summed E-state index contributed by atoms with van der Waals surface area (Å²) in [7, 11) is 0. The molecule has 0 saturated heterocycles. The summed E-state index contributed by atoms with van der Waals surface area (Å²) in [6.07, 6.45) is 0. The van der Waals surface area contributed by atoms with E-state index in [0.717, 1.165) is 22.4 Å². The molecule has 8 heteroatoms. The summed E-state index contributed by atoms with van der Waals surface area (Å²) in [6, 6.07) is 11.7. The molecule has 0 spiro atoms. The zero-order valence-corrected chi connectivity index (χ0v) is 17.4. The Hall–Kier alpha value is -3.26. The molecule has 0 aliphatic heterocycles. The second-order valence-electron chi connectivity index (χ2n) is 6.83. The topological polar surface area (TPSA) is 75.4 Å². The summed E-state index contributed by atoms with van der Waals surface area (Å²) in [6.45, 7) is 6.85. The van der Waals surface area contributed by atoms with Crippen molar-refractivity contribution in [2.75, 3.05) is 23.3 Å². The number of anilines is 2. The summed E-state index contributed by atoms with van der Waals surface area (Å²) >= 11 is 1.60. The number of carbonyl (C=O) groups is 1. The fraction of sp³-hybridized carbons (Fsp3) is 0.238. The van der Waals surface area contributed by atoms with Crippen LogP contribution in [-0.4, -0.2) is 38.8 Å². The van der Waals surface area contributed by atoms with Crippen LogP contribution in [0.5, 0.6) is 0 Å². The fourth-order valence-electron chi connectivity index (χ4n) is 3.24. The van der Waals surface area contributed by atoms with Crippen LogP contribution in [0.15, 0.2) is 47.2 Å². The molecular weight excluding hydrogens is 384 g/mol. The molecule has 4 aromatic rings. The summed E-state index contributed by atoms with van der Waals surface area (Å²) in [4.78, 5) is 14.6. The van der Waals surface area contributed by atoms with Crippen LogP contribution in [0, 0.1) is 13.8 Å². The number of carbonyl (C=O) groups excluding carboxylic acids is 1. The van der Waals surface area contributed by atoms with Gasteiger partial charge in [0.25, 0.3) is 0 Å². The van der Waals surface area contributed by atoms with Gasteiger partial charge in [0.15, 0.2) is 11.5 Å². The second kappa shape index (κ2) is 8.00. The maximum Gasteiger partial charge on any atom is 0.243 e. The molecule has 0 saturated carbocycles. The summed E-state index contributed by atoms with van der Waals surface area (Å²) in [5, 5.41) is 20.2. The number of nitrogens with zero attached hydrogens (tertiary/aromatic N) is 5. The molecule has 0 atom stereocenters. The lowest BCUT2D eigenvalue weighted by Gasteiger charge is -2.22. The highest BCUT2D eigenvalue weighted by Crippen LogP contribution is 2.22. The third kappa shape index (κ3) is 3.84. The molecule has 1 N–H and O–H groups in total. The molecule has 3 heterocycles. The van der Waals surface area contributed by atoms with E-state index in [2.05, 4.69) is 15.5 Å². The highest BCUT2D eigenvalue weighted by atomic mass is 32.1. The van der Waals surface area contributed by atoms with Crippen LogP contribution in [0.1, 0.15) is 18.1 Å². The Morgan fingerprint density at radius 2 is 1.93 bits per heavy atom. The molecule has 29 heavy (non-hydrogen) atoms. The highest BCUT2D eigenvalue weighted by Gasteiger charge is 2.16. The molecule has 0 bridgehead atoms. The Morgan fingerprint density at radius 3 is 2.62 bits per heavy atom. The second-order valence-corrected chi connectivity index (χ2v) is 7.61. The van der Waals surface area contributed by atoms with Crippen LogP contribution in [0.3, 0.4) is 0 Å². The van der Waals surface area contributed by atoms with Crippen molar-refractivity contribution in [3.05, 3.63) is 58.3 Å². The minimum Gasteiger partial charge on any atom is -0.346 e. The average molecular weight is 407 g/mol. The molecule has 148 valence electrons. The van der Waals surface area contributed by atoms with Crippen LogP contribution in [0.2, 0.25) is 0 Å². The van der Waals surface area contributed by atoms with Gasteiger partial charge < -0.3 is 10.2 Å². The molecule has 7 nitrogen and oxygen atoms in total. The van der Waals surface area contributed by atoms with Crippen molar-refractivity contribution in [3.63, 3.8) is 0 Å². The Morgan fingerprint density at radius 1 is 1.14 bits per heavy atom. The number of aryl methyl sites for hydroxylation is 2. The van der Waals surface area contributed by atoms with E-state index < -0.39 is 0 Å². The molecule has 0 aliphatic rings. The normalized spacial score (nSPS) is 11.0. The standard InChI is InChI=1S/C21H22N6OS/c1-4-26(12-19(28)22-20-14(2)6-5-7-15(20)3)18-9-8-17-23-24-21(27(17)25-18)16-10-11-29-13-16/h5-11,13H,4,12H2,1-3H3,(H,22,28). The Kier molecular flexibility index (Phi) is 5.26. The van der Waals surface area contributed by atoms with E-state index in [9.17, 15) is 4.79 Å². The minimum atomic E-state index is -0.0760. The van der Waals surface area contributed by atoms with E-state index in [4.69, 9.17) is 5.10 Å². The predicted octanol–water partition coefficient (Wildman–Crippen LogP) is 3.93. The molecule has 4 rings (SSSR count). The number of aromatic nitrogens is 4.